The average Bonchev–Trinajstić information content (AvgIpc) is 0. The zero-order chi connectivity index (χ0) is 0. The van der Waals surface area contributed by atoms with Crippen molar-refractivity contribution in [3.63, 3.8) is 0 Å². The molecule has 0 fully saturated rings. The molecule has 0 aliphatic carbocycles. The third-order valence-electron chi connectivity index (χ3n) is 0. The maximum absolute atomic E-state index is 0. The first-order chi connectivity index (χ1) is 0. The van der Waals surface area contributed by atoms with Gasteiger partial charge < -0.3 is 40.5 Å². The molecule has 0 aliphatic heterocycles. The van der Waals surface area contributed by atoms with Gasteiger partial charge in [-0.1, -0.05) is 0 Å². The van der Waals surface area contributed by atoms with E-state index in [1.807, 2.05) is 0 Å². The largest absolute Gasteiger partial charge is 3.00 e. The van der Waals surface area contributed by atoms with Crippen LogP contribution in [0.5, 0.6) is 0 Å². The summed E-state index contributed by atoms with van der Waals surface area (Å²) in [6.45, 7) is 0. The summed E-state index contributed by atoms with van der Waals surface area (Å²) in [4.78, 5) is 0. The fourth-order valence-electron chi connectivity index (χ4n) is 0. The number of hydrogen-bond acceptors (Lipinski definition) is 0. The van der Waals surface area contributed by atoms with Gasteiger partial charge in [-0.05, 0) is 0 Å². The minimum Gasteiger partial charge on any atom is -2.00 e. The van der Waals surface area contributed by atoms with Crippen LogP contribution in [-0.2, 0) is 81.3 Å². The second-order valence-electron chi connectivity index (χ2n) is 0. The summed E-state index contributed by atoms with van der Waals surface area (Å²) in [6.07, 6.45) is 0. The Hall–Kier alpha value is 2.37. The van der Waals surface area contributed by atoms with Crippen molar-refractivity contribution in [3.05, 3.63) is 0 Å². The van der Waals surface area contributed by atoms with Gasteiger partial charge in [0.1, 0.15) is 0 Å². The van der Waals surface area contributed by atoms with Crippen LogP contribution < -0.4 is 0 Å². The van der Waals surface area contributed by atoms with Crippen LogP contribution in [0, 0.1) is 0 Å². The maximum atomic E-state index is 0. The van der Waals surface area contributed by atoms with Gasteiger partial charge in [0.2, 0.25) is 0 Å². The van der Waals surface area contributed by atoms with E-state index in [9.17, 15) is 0 Å². The molecule has 0 nitrogen and oxygen atoms in total. The van der Waals surface area contributed by atoms with Crippen LogP contribution in [0.3, 0.4) is 0 Å². The molecule has 5 heavy (non-hydrogen) atoms. The van der Waals surface area contributed by atoms with Crippen molar-refractivity contribution in [2.24, 2.45) is 0 Å². The third kappa shape index (κ3) is 21.6. The molecule has 0 atom stereocenters. The van der Waals surface area contributed by atoms with Crippen LogP contribution in [0.1, 0.15) is 0 Å². The Balaban J connectivity index is 0. The van der Waals surface area contributed by atoms with Gasteiger partial charge in [-0.15, -0.1) is 0 Å². The van der Waals surface area contributed by atoms with Crippen molar-refractivity contribution in [3.8, 4) is 0 Å². The fraction of sp³-hybridized carbons (Fsp3) is 0. The van der Waals surface area contributed by atoms with Crippen LogP contribution in [-0.4, -0.2) is 0 Å². The van der Waals surface area contributed by atoms with Crippen LogP contribution >= 0.6 is 0 Å². The van der Waals surface area contributed by atoms with Crippen molar-refractivity contribution in [2.45, 2.75) is 0 Å². The van der Waals surface area contributed by atoms with Gasteiger partial charge in [0, 0.05) is 0 Å². The quantitative estimate of drug-likeness (QED) is 0.469. The van der Waals surface area contributed by atoms with E-state index < -0.39 is 0 Å². The molecular formula is Re2S3. The molecule has 5 heteroatoms. The van der Waals surface area contributed by atoms with E-state index in [4.69, 9.17) is 0 Å². The Labute approximate surface area is 80.5 Å². The molecule has 0 amide bonds. The average molecular weight is 469 g/mol. The molecule has 0 saturated carbocycles. The van der Waals surface area contributed by atoms with E-state index in [0.29, 0.717) is 0 Å². The summed E-state index contributed by atoms with van der Waals surface area (Å²) in [5.41, 5.74) is 0. The van der Waals surface area contributed by atoms with Crippen LogP contribution in [0.25, 0.3) is 0 Å². The molecular weight excluding hydrogens is 469 g/mol. The SMILES string of the molecule is [Re+3].[Re+3].[S-2].[S-2].[S-2]. The molecule has 0 rings (SSSR count). The Morgan fingerprint density at radius 2 is 0.400 bits per heavy atom. The molecule has 32 valence electrons. The molecule has 0 bridgehead atoms. The fourth-order valence-corrected chi connectivity index (χ4v) is 0. The summed E-state index contributed by atoms with van der Waals surface area (Å²) in [6, 6.07) is 0. The molecule has 0 spiro atoms. The summed E-state index contributed by atoms with van der Waals surface area (Å²) < 4.78 is 0. The molecule has 0 heterocycles. The Morgan fingerprint density at radius 3 is 0.400 bits per heavy atom. The van der Waals surface area contributed by atoms with Gasteiger partial charge in [-0.2, -0.15) is 0 Å². The summed E-state index contributed by atoms with van der Waals surface area (Å²) in [5, 5.41) is 0. The smallest absolute Gasteiger partial charge is 2.00 e. The molecule has 0 N–H and O–H groups in total. The molecule has 0 saturated heterocycles. The van der Waals surface area contributed by atoms with E-state index in [1.54, 1.807) is 0 Å². The number of hydrogen-bond donors (Lipinski definition) is 0. The van der Waals surface area contributed by atoms with Gasteiger partial charge in [0.05, 0.1) is 0 Å². The number of rotatable bonds is 0. The zero-order valence-electron chi connectivity index (χ0n) is 1.98. The van der Waals surface area contributed by atoms with E-state index in [1.165, 1.54) is 0 Å². The molecule has 0 aliphatic rings. The van der Waals surface area contributed by atoms with E-state index in [0.717, 1.165) is 0 Å². The minimum atomic E-state index is 0. The molecule has 0 aromatic heterocycles. The predicted molar refractivity (Wildman–Crippen MR) is 22.1 cm³/mol. The van der Waals surface area contributed by atoms with Gasteiger partial charge in [-0.25, -0.2) is 0 Å². The second kappa shape index (κ2) is 32.7. The van der Waals surface area contributed by atoms with Crippen LogP contribution in [0.4, 0.5) is 0 Å². The normalized spacial score (nSPS) is 0. The standard InChI is InChI=1S/2Re.3S/q2*+3;3*-2. The first-order valence-corrected chi connectivity index (χ1v) is 0. The minimum absolute atomic E-state index is 0. The zero-order valence-corrected chi connectivity index (χ0v) is 9.86. The molecule has 0 unspecified atom stereocenters. The first kappa shape index (κ1) is 53.1. The van der Waals surface area contributed by atoms with Gasteiger partial charge in [0.15, 0.2) is 0 Å². The molecule has 0 radical (unpaired) electrons. The van der Waals surface area contributed by atoms with Crippen LogP contribution in [0.2, 0.25) is 0 Å². The Kier molecular flexibility index (Phi) is 347. The van der Waals surface area contributed by atoms with Crippen molar-refractivity contribution in [2.75, 3.05) is 0 Å². The van der Waals surface area contributed by atoms with Crippen molar-refractivity contribution in [1.29, 1.82) is 0 Å². The summed E-state index contributed by atoms with van der Waals surface area (Å²) >= 11 is 0. The Morgan fingerprint density at radius 1 is 0.400 bits per heavy atom. The van der Waals surface area contributed by atoms with Crippen molar-refractivity contribution >= 4 is 40.5 Å². The van der Waals surface area contributed by atoms with Crippen molar-refractivity contribution in [1.82, 2.24) is 0 Å². The topological polar surface area (TPSA) is 0 Å². The van der Waals surface area contributed by atoms with Crippen LogP contribution in [0.15, 0.2) is 0 Å². The summed E-state index contributed by atoms with van der Waals surface area (Å²) in [5.74, 6) is 0. The van der Waals surface area contributed by atoms with Gasteiger partial charge in [-0.3, -0.25) is 0 Å². The maximum Gasteiger partial charge on any atom is 3.00 e. The monoisotopic (exact) mass is 470 g/mol. The molecule has 0 aromatic rings. The molecule has 0 aromatic carbocycles. The van der Waals surface area contributed by atoms with Gasteiger partial charge >= 0.3 is 40.8 Å². The van der Waals surface area contributed by atoms with E-state index in [-0.39, 0.29) is 81.3 Å². The second-order valence-corrected chi connectivity index (χ2v) is 0. The first-order valence-electron chi connectivity index (χ1n) is 0. The summed E-state index contributed by atoms with van der Waals surface area (Å²) in [7, 11) is 0. The van der Waals surface area contributed by atoms with Crippen molar-refractivity contribution < 1.29 is 40.8 Å². The third-order valence-corrected chi connectivity index (χ3v) is 0. The Bertz CT molecular complexity index is 4.85. The van der Waals surface area contributed by atoms with E-state index in [2.05, 4.69) is 0 Å². The van der Waals surface area contributed by atoms with Gasteiger partial charge in [0.25, 0.3) is 0 Å². The predicted octanol–water partition coefficient (Wildman–Crippen LogP) is -0.0122. The van der Waals surface area contributed by atoms with E-state index >= 15 is 0 Å².